The maximum atomic E-state index is 13.7. The van der Waals surface area contributed by atoms with Crippen LogP contribution in [0.15, 0.2) is 48.5 Å². The predicted molar refractivity (Wildman–Crippen MR) is 80.3 cm³/mol. The summed E-state index contributed by atoms with van der Waals surface area (Å²) in [7, 11) is 0. The van der Waals surface area contributed by atoms with Gasteiger partial charge in [0.2, 0.25) is 0 Å². The Bertz CT molecular complexity index is 687. The van der Waals surface area contributed by atoms with Crippen molar-refractivity contribution in [1.82, 2.24) is 5.32 Å². The number of amides is 1. The number of halogens is 2. The molecule has 2 aromatic rings. The van der Waals surface area contributed by atoms with Crippen molar-refractivity contribution in [2.75, 3.05) is 0 Å². The van der Waals surface area contributed by atoms with Gasteiger partial charge in [-0.1, -0.05) is 37.3 Å². The van der Waals surface area contributed by atoms with Crippen LogP contribution >= 0.6 is 0 Å². The Morgan fingerprint density at radius 1 is 1.18 bits per heavy atom. The van der Waals surface area contributed by atoms with E-state index in [0.717, 1.165) is 30.2 Å². The van der Waals surface area contributed by atoms with Gasteiger partial charge >= 0.3 is 0 Å². The first kappa shape index (κ1) is 14.7. The van der Waals surface area contributed by atoms with Crippen molar-refractivity contribution < 1.29 is 13.6 Å². The smallest absolute Gasteiger partial charge is 0.254 e. The van der Waals surface area contributed by atoms with Gasteiger partial charge in [0, 0.05) is 0 Å². The van der Waals surface area contributed by atoms with Crippen LogP contribution in [0.3, 0.4) is 0 Å². The van der Waals surface area contributed by atoms with Crippen LogP contribution in [-0.4, -0.2) is 5.91 Å². The molecule has 1 N–H and O–H groups in total. The van der Waals surface area contributed by atoms with Crippen LogP contribution in [0.2, 0.25) is 0 Å². The molecule has 3 atom stereocenters. The zero-order chi connectivity index (χ0) is 15.7. The summed E-state index contributed by atoms with van der Waals surface area (Å²) >= 11 is 0. The maximum absolute atomic E-state index is 13.7. The molecule has 0 spiro atoms. The summed E-state index contributed by atoms with van der Waals surface area (Å²) in [5, 5.41) is 2.86. The molecule has 0 aromatic heterocycles. The molecule has 0 heterocycles. The van der Waals surface area contributed by atoms with Crippen molar-refractivity contribution in [2.45, 2.75) is 19.4 Å². The fourth-order valence-corrected chi connectivity index (χ4v) is 2.80. The lowest BCUT2D eigenvalue weighted by molar-refractivity contribution is 0.0926. The lowest BCUT2D eigenvalue weighted by Crippen LogP contribution is -2.31. The zero-order valence-corrected chi connectivity index (χ0v) is 12.2. The van der Waals surface area contributed by atoms with Gasteiger partial charge in [0.05, 0.1) is 11.6 Å². The topological polar surface area (TPSA) is 29.1 Å². The van der Waals surface area contributed by atoms with Gasteiger partial charge in [-0.15, -0.1) is 0 Å². The molecule has 1 amide bonds. The van der Waals surface area contributed by atoms with E-state index in [1.54, 1.807) is 0 Å². The number of carbonyl (C=O) groups excluding carboxylic acids is 1. The highest BCUT2D eigenvalue weighted by molar-refractivity contribution is 5.94. The van der Waals surface area contributed by atoms with E-state index < -0.39 is 17.5 Å². The Balaban J connectivity index is 1.85. The molecule has 0 radical (unpaired) electrons. The molecule has 2 nitrogen and oxygen atoms in total. The fraction of sp³-hybridized carbons (Fsp3) is 0.278. The van der Waals surface area contributed by atoms with Crippen LogP contribution in [0.4, 0.5) is 8.78 Å². The van der Waals surface area contributed by atoms with E-state index >= 15 is 0 Å². The average molecular weight is 301 g/mol. The standard InChI is InChI=1S/C18H17F2NO/c1-11-9-14(11)17(12-5-3-2-4-6-12)21-18(22)15-10-13(19)7-8-16(15)20/h2-8,10-11,14,17H,9H2,1H3,(H,21,22). The van der Waals surface area contributed by atoms with E-state index in [1.165, 1.54) is 0 Å². The monoisotopic (exact) mass is 301 g/mol. The molecule has 1 saturated carbocycles. The molecule has 22 heavy (non-hydrogen) atoms. The van der Waals surface area contributed by atoms with Crippen LogP contribution in [0.5, 0.6) is 0 Å². The summed E-state index contributed by atoms with van der Waals surface area (Å²) in [5.41, 5.74) is 0.733. The molecule has 4 heteroatoms. The molecule has 114 valence electrons. The molecule has 2 aromatic carbocycles. The van der Waals surface area contributed by atoms with Crippen molar-refractivity contribution >= 4 is 5.91 Å². The maximum Gasteiger partial charge on any atom is 0.254 e. The van der Waals surface area contributed by atoms with Crippen LogP contribution in [-0.2, 0) is 0 Å². The zero-order valence-electron chi connectivity index (χ0n) is 12.2. The highest BCUT2D eigenvalue weighted by atomic mass is 19.1. The fourth-order valence-electron chi connectivity index (χ4n) is 2.80. The number of hydrogen-bond acceptors (Lipinski definition) is 1. The highest BCUT2D eigenvalue weighted by Crippen LogP contribution is 2.47. The van der Waals surface area contributed by atoms with Gasteiger partial charge in [-0.2, -0.15) is 0 Å². The van der Waals surface area contributed by atoms with Gasteiger partial charge in [-0.25, -0.2) is 8.78 Å². The molecular formula is C18H17F2NO. The number of rotatable bonds is 4. The van der Waals surface area contributed by atoms with Crippen molar-refractivity contribution in [3.63, 3.8) is 0 Å². The van der Waals surface area contributed by atoms with Crippen LogP contribution in [0.25, 0.3) is 0 Å². The number of hydrogen-bond donors (Lipinski definition) is 1. The van der Waals surface area contributed by atoms with Gasteiger partial charge in [0.1, 0.15) is 11.6 Å². The van der Waals surface area contributed by atoms with Gasteiger partial charge in [0.25, 0.3) is 5.91 Å². The van der Waals surface area contributed by atoms with Crippen molar-refractivity contribution in [3.05, 3.63) is 71.3 Å². The Hall–Kier alpha value is -2.23. The van der Waals surface area contributed by atoms with Crippen LogP contribution in [0, 0.1) is 23.5 Å². The first-order chi connectivity index (χ1) is 10.6. The first-order valence-corrected chi connectivity index (χ1v) is 7.37. The minimum absolute atomic E-state index is 0.175. The Labute approximate surface area is 128 Å². The van der Waals surface area contributed by atoms with E-state index in [4.69, 9.17) is 0 Å². The van der Waals surface area contributed by atoms with Crippen LogP contribution in [0.1, 0.15) is 35.3 Å². The Kier molecular flexibility index (Phi) is 3.92. The number of nitrogens with one attached hydrogen (secondary N) is 1. The third-order valence-corrected chi connectivity index (χ3v) is 4.22. The predicted octanol–water partition coefficient (Wildman–Crippen LogP) is 4.09. The third-order valence-electron chi connectivity index (χ3n) is 4.22. The highest BCUT2D eigenvalue weighted by Gasteiger charge is 2.41. The van der Waals surface area contributed by atoms with E-state index in [9.17, 15) is 13.6 Å². The lowest BCUT2D eigenvalue weighted by atomic mass is 10.0. The minimum atomic E-state index is -0.713. The lowest BCUT2D eigenvalue weighted by Gasteiger charge is -2.19. The summed E-state index contributed by atoms with van der Waals surface area (Å²) in [4.78, 5) is 12.3. The summed E-state index contributed by atoms with van der Waals surface area (Å²) in [6, 6.07) is 12.3. The second kappa shape index (κ2) is 5.87. The molecule has 1 fully saturated rings. The van der Waals surface area contributed by atoms with Gasteiger partial charge in [0.15, 0.2) is 0 Å². The van der Waals surface area contributed by atoms with Crippen LogP contribution < -0.4 is 5.32 Å². The Morgan fingerprint density at radius 3 is 2.50 bits per heavy atom. The second-order valence-electron chi connectivity index (χ2n) is 5.86. The largest absolute Gasteiger partial charge is 0.345 e. The molecule has 0 aliphatic heterocycles. The van der Waals surface area contributed by atoms with Crippen molar-refractivity contribution in [1.29, 1.82) is 0 Å². The quantitative estimate of drug-likeness (QED) is 0.905. The second-order valence-corrected chi connectivity index (χ2v) is 5.86. The molecule has 0 saturated heterocycles. The number of benzene rings is 2. The van der Waals surface area contributed by atoms with Gasteiger partial charge in [-0.05, 0) is 42.0 Å². The summed E-state index contributed by atoms with van der Waals surface area (Å²) in [6.45, 7) is 2.12. The molecule has 0 bridgehead atoms. The van der Waals surface area contributed by atoms with E-state index in [2.05, 4.69) is 12.2 Å². The average Bonchev–Trinajstić information content (AvgIpc) is 3.24. The minimum Gasteiger partial charge on any atom is -0.345 e. The molecule has 3 unspecified atom stereocenters. The first-order valence-electron chi connectivity index (χ1n) is 7.37. The molecule has 1 aliphatic carbocycles. The number of carbonyl (C=O) groups is 1. The Morgan fingerprint density at radius 2 is 1.86 bits per heavy atom. The van der Waals surface area contributed by atoms with Crippen molar-refractivity contribution in [2.24, 2.45) is 11.8 Å². The molecular weight excluding hydrogens is 284 g/mol. The van der Waals surface area contributed by atoms with E-state index in [-0.39, 0.29) is 11.6 Å². The van der Waals surface area contributed by atoms with E-state index in [1.807, 2.05) is 30.3 Å². The normalized spacial score (nSPS) is 21.2. The van der Waals surface area contributed by atoms with Gasteiger partial charge in [-0.3, -0.25) is 4.79 Å². The van der Waals surface area contributed by atoms with Gasteiger partial charge < -0.3 is 5.32 Å². The molecule has 3 rings (SSSR count). The molecule has 1 aliphatic rings. The van der Waals surface area contributed by atoms with E-state index in [0.29, 0.717) is 11.8 Å². The van der Waals surface area contributed by atoms with Crippen molar-refractivity contribution in [3.8, 4) is 0 Å². The summed E-state index contributed by atoms with van der Waals surface area (Å²) in [5.74, 6) is -1.06. The summed E-state index contributed by atoms with van der Waals surface area (Å²) in [6.07, 6.45) is 1.02. The third kappa shape index (κ3) is 3.01. The summed E-state index contributed by atoms with van der Waals surface area (Å²) < 4.78 is 27.0. The SMILES string of the molecule is CC1CC1C(NC(=O)c1cc(F)ccc1F)c1ccccc1.